The van der Waals surface area contributed by atoms with Crippen molar-refractivity contribution >= 4 is 17.3 Å². The number of aromatic nitrogens is 4. The van der Waals surface area contributed by atoms with E-state index in [-0.39, 0.29) is 51.4 Å². The normalized spacial score (nSPS) is 11.0. The summed E-state index contributed by atoms with van der Waals surface area (Å²) < 4.78 is 4.02. The third kappa shape index (κ3) is 2.85. The molecule has 0 aliphatic rings. The van der Waals surface area contributed by atoms with Crippen LogP contribution in [0.1, 0.15) is 0 Å². The van der Waals surface area contributed by atoms with E-state index in [1.807, 2.05) is 58.2 Å². The van der Waals surface area contributed by atoms with Crippen LogP contribution in [-0.2, 0) is 0 Å². The van der Waals surface area contributed by atoms with Crippen LogP contribution < -0.4 is 62.3 Å². The van der Waals surface area contributed by atoms with Crippen LogP contribution in [0, 0.1) is 0 Å². The molecule has 0 aliphatic carbocycles. The van der Waals surface area contributed by atoms with Gasteiger partial charge in [0.05, 0.1) is 0 Å². The molecule has 0 fully saturated rings. The molecular weight excluding hydrogens is 322 g/mol. The van der Waals surface area contributed by atoms with E-state index in [0.717, 1.165) is 10.9 Å². The molecule has 2 heterocycles. The topological polar surface area (TPSA) is 35.6 Å². The Morgan fingerprint density at radius 2 is 1.00 bits per heavy atom. The Kier molecular flexibility index (Phi) is 5.53. The predicted octanol–water partition coefficient (Wildman–Crippen LogP) is -1.26. The molecule has 112 valence electrons. The SMILES string of the molecule is [K+].c1ccc([B-](c2ccccc2)(n2cccn2)n2cccn2)cc1. The van der Waals surface area contributed by atoms with Crippen molar-refractivity contribution in [3.05, 3.63) is 97.6 Å². The van der Waals surface area contributed by atoms with Crippen LogP contribution in [0.3, 0.4) is 0 Å². The van der Waals surface area contributed by atoms with Crippen LogP contribution in [0.4, 0.5) is 0 Å². The van der Waals surface area contributed by atoms with Gasteiger partial charge in [-0.3, -0.25) is 0 Å². The molecule has 0 aliphatic heterocycles. The van der Waals surface area contributed by atoms with Crippen molar-refractivity contribution in [2.45, 2.75) is 0 Å². The van der Waals surface area contributed by atoms with E-state index in [0.29, 0.717) is 0 Å². The molecule has 2 aromatic carbocycles. The van der Waals surface area contributed by atoms with Crippen LogP contribution in [0.5, 0.6) is 0 Å². The van der Waals surface area contributed by atoms with E-state index in [4.69, 9.17) is 0 Å². The maximum atomic E-state index is 4.58. The zero-order valence-corrected chi connectivity index (χ0v) is 16.7. The van der Waals surface area contributed by atoms with Gasteiger partial charge in [0.15, 0.2) is 0 Å². The summed E-state index contributed by atoms with van der Waals surface area (Å²) >= 11 is 0. The van der Waals surface area contributed by atoms with E-state index in [1.165, 1.54) is 0 Å². The Hall–Kier alpha value is -1.44. The standard InChI is InChI=1S/C18H16BN4.K/c1-3-9-17(10-4-1)19(22-15-7-13-20-22,23-16-8-14-21-23)18-11-5-2-6-12-18;/h1-16H;/q-1;+1. The molecule has 4 aromatic rings. The number of rotatable bonds is 4. The first kappa shape index (κ1) is 17.4. The molecule has 0 saturated heterocycles. The molecule has 6 heteroatoms. The Bertz CT molecular complexity index is 786. The molecule has 0 radical (unpaired) electrons. The molecule has 2 aromatic heterocycles. The van der Waals surface area contributed by atoms with Crippen molar-refractivity contribution in [1.29, 1.82) is 0 Å². The molecule has 0 N–H and O–H groups in total. The summed E-state index contributed by atoms with van der Waals surface area (Å²) in [4.78, 5) is 0. The zero-order valence-electron chi connectivity index (χ0n) is 13.6. The van der Waals surface area contributed by atoms with E-state index in [1.54, 1.807) is 0 Å². The van der Waals surface area contributed by atoms with Gasteiger partial charge in [-0.2, -0.15) is 10.9 Å². The van der Waals surface area contributed by atoms with Gasteiger partial charge in [-0.05, 0) is 24.5 Å². The van der Waals surface area contributed by atoms with Crippen molar-refractivity contribution < 1.29 is 51.4 Å². The first-order valence-corrected chi connectivity index (χ1v) is 7.68. The summed E-state index contributed by atoms with van der Waals surface area (Å²) in [5, 5.41) is 9.16. The van der Waals surface area contributed by atoms with Crippen molar-refractivity contribution in [2.75, 3.05) is 0 Å². The van der Waals surface area contributed by atoms with Gasteiger partial charge in [0.25, 0.3) is 6.42 Å². The van der Waals surface area contributed by atoms with Gasteiger partial charge in [0, 0.05) is 12.4 Å². The number of hydrogen-bond donors (Lipinski definition) is 0. The maximum absolute atomic E-state index is 4.58. The maximum Gasteiger partial charge on any atom is 1.00 e. The minimum Gasteiger partial charge on any atom is -0.413 e. The molecule has 4 rings (SSSR count). The van der Waals surface area contributed by atoms with Crippen LogP contribution >= 0.6 is 0 Å². The van der Waals surface area contributed by atoms with E-state index in [2.05, 4.69) is 58.7 Å². The van der Waals surface area contributed by atoms with E-state index in [9.17, 15) is 0 Å². The summed E-state index contributed by atoms with van der Waals surface area (Å²) in [7, 11) is 0. The van der Waals surface area contributed by atoms with Crippen LogP contribution in [0.25, 0.3) is 0 Å². The predicted molar refractivity (Wildman–Crippen MR) is 93.2 cm³/mol. The fourth-order valence-electron chi connectivity index (χ4n) is 3.37. The van der Waals surface area contributed by atoms with Crippen molar-refractivity contribution in [3.63, 3.8) is 0 Å². The summed E-state index contributed by atoms with van der Waals surface area (Å²) in [6, 6.07) is 24.7. The first-order valence-electron chi connectivity index (χ1n) is 7.68. The summed E-state index contributed by atoms with van der Waals surface area (Å²) in [6.45, 7) is 0. The monoisotopic (exact) mass is 338 g/mol. The molecule has 4 nitrogen and oxygen atoms in total. The number of nitrogens with zero attached hydrogens (tertiary/aromatic N) is 4. The van der Waals surface area contributed by atoms with Gasteiger partial charge in [0.1, 0.15) is 0 Å². The Labute approximate surface area is 183 Å². The Balaban J connectivity index is 0.00000169. The van der Waals surface area contributed by atoms with Gasteiger partial charge < -0.3 is 9.19 Å². The number of benzene rings is 2. The van der Waals surface area contributed by atoms with Gasteiger partial charge >= 0.3 is 51.4 Å². The first-order chi connectivity index (χ1) is 11.4. The summed E-state index contributed by atoms with van der Waals surface area (Å²) in [5.41, 5.74) is 2.32. The fraction of sp³-hybridized carbons (Fsp3) is 0. The third-order valence-corrected chi connectivity index (χ3v) is 4.34. The smallest absolute Gasteiger partial charge is 0.413 e. The fourth-order valence-corrected chi connectivity index (χ4v) is 3.37. The average Bonchev–Trinajstić information content (AvgIpc) is 3.32. The van der Waals surface area contributed by atoms with Gasteiger partial charge in [0.2, 0.25) is 0 Å². The minimum absolute atomic E-state index is 0. The van der Waals surface area contributed by atoms with Gasteiger partial charge in [-0.15, -0.1) is 0 Å². The Morgan fingerprint density at radius 1 is 0.583 bits per heavy atom. The van der Waals surface area contributed by atoms with Crippen molar-refractivity contribution in [2.24, 2.45) is 0 Å². The third-order valence-electron chi connectivity index (χ3n) is 4.34. The number of hydrogen-bond acceptors (Lipinski definition) is 2. The van der Waals surface area contributed by atoms with Crippen LogP contribution in [-0.4, -0.2) is 25.8 Å². The minimum atomic E-state index is -1.52. The summed E-state index contributed by atoms with van der Waals surface area (Å²) in [6.07, 6.45) is 6.10. The molecule has 0 saturated carbocycles. The van der Waals surface area contributed by atoms with Crippen molar-refractivity contribution in [3.8, 4) is 0 Å². The Morgan fingerprint density at radius 3 is 1.33 bits per heavy atom. The summed E-state index contributed by atoms with van der Waals surface area (Å²) in [5.74, 6) is 0. The van der Waals surface area contributed by atoms with Crippen molar-refractivity contribution in [1.82, 2.24) is 19.4 Å². The average molecular weight is 338 g/mol. The van der Waals surface area contributed by atoms with Crippen LogP contribution in [0.2, 0.25) is 0 Å². The van der Waals surface area contributed by atoms with Crippen LogP contribution in [0.15, 0.2) is 97.6 Å². The molecule has 0 bridgehead atoms. The molecule has 0 atom stereocenters. The van der Waals surface area contributed by atoms with Gasteiger partial charge in [-0.1, -0.05) is 60.7 Å². The zero-order chi connectivity index (χ0) is 15.5. The second kappa shape index (κ2) is 7.63. The largest absolute Gasteiger partial charge is 1.00 e. The second-order valence-corrected chi connectivity index (χ2v) is 5.57. The van der Waals surface area contributed by atoms with Gasteiger partial charge in [-0.25, -0.2) is 10.2 Å². The molecule has 0 spiro atoms. The van der Waals surface area contributed by atoms with E-state index < -0.39 is 6.42 Å². The van der Waals surface area contributed by atoms with E-state index >= 15 is 0 Å². The second-order valence-electron chi connectivity index (χ2n) is 5.57. The molecule has 24 heavy (non-hydrogen) atoms. The molecular formula is C18H16BKN4. The molecule has 0 amide bonds. The quantitative estimate of drug-likeness (QED) is 0.436. The molecule has 0 unspecified atom stereocenters.